The number of hydrogen-bond acceptors (Lipinski definition) is 4. The standard InChI is InChI=1S/C29H30FN3O2S/c30-25-15-21(20-2-1-3-23(14-20)36-22-7-8-22)6-9-24(25)26-31-29(11-12-29)28(35)33(26)17-18-10-13-32(16-18)27(34)19-4-5-19/h1-3,6,9,14-15,18-19,22H,4-5,7-8,10-13,16-17H2. The monoisotopic (exact) mass is 503 g/mol. The number of amidine groups is 1. The number of amides is 2. The van der Waals surface area contributed by atoms with E-state index in [0.717, 1.165) is 55.0 Å². The van der Waals surface area contributed by atoms with Crippen LogP contribution in [0, 0.1) is 17.7 Å². The van der Waals surface area contributed by atoms with Crippen molar-refractivity contribution >= 4 is 29.4 Å². The Morgan fingerprint density at radius 2 is 1.86 bits per heavy atom. The van der Waals surface area contributed by atoms with Crippen molar-refractivity contribution in [2.45, 2.75) is 60.6 Å². The first-order chi connectivity index (χ1) is 17.5. The summed E-state index contributed by atoms with van der Waals surface area (Å²) in [6.45, 7) is 1.92. The molecule has 2 aromatic rings. The molecule has 0 N–H and O–H groups in total. The second-order valence-electron chi connectivity index (χ2n) is 11.1. The lowest BCUT2D eigenvalue weighted by Gasteiger charge is -2.24. The summed E-state index contributed by atoms with van der Waals surface area (Å²) in [5.41, 5.74) is 1.54. The fourth-order valence-corrected chi connectivity index (χ4v) is 6.62. The van der Waals surface area contributed by atoms with E-state index in [2.05, 4.69) is 12.1 Å². The van der Waals surface area contributed by atoms with Gasteiger partial charge in [0.25, 0.3) is 5.91 Å². The van der Waals surface area contributed by atoms with Gasteiger partial charge in [0.2, 0.25) is 5.91 Å². The van der Waals surface area contributed by atoms with Crippen molar-refractivity contribution in [3.8, 4) is 11.1 Å². The third kappa shape index (κ3) is 4.15. The summed E-state index contributed by atoms with van der Waals surface area (Å²) in [6, 6.07) is 13.6. The van der Waals surface area contributed by atoms with Gasteiger partial charge in [-0.1, -0.05) is 18.2 Å². The normalized spacial score (nSPS) is 24.5. The van der Waals surface area contributed by atoms with E-state index in [-0.39, 0.29) is 29.5 Å². The Morgan fingerprint density at radius 1 is 1.06 bits per heavy atom. The fourth-order valence-electron chi connectivity index (χ4n) is 5.51. The van der Waals surface area contributed by atoms with Gasteiger partial charge in [-0.05, 0) is 86.3 Å². The second kappa shape index (κ2) is 8.44. The van der Waals surface area contributed by atoms with E-state index in [9.17, 15) is 9.59 Å². The van der Waals surface area contributed by atoms with Gasteiger partial charge in [-0.15, -0.1) is 11.8 Å². The SMILES string of the molecule is O=C(C1CC1)N1CCC(CN2C(=O)C3(CC3)N=C2c2ccc(-c3cccc(SC4CC4)c3)cc2F)C1. The Labute approximate surface area is 215 Å². The highest BCUT2D eigenvalue weighted by atomic mass is 32.2. The molecule has 0 aromatic heterocycles. The van der Waals surface area contributed by atoms with Crippen molar-refractivity contribution in [1.29, 1.82) is 0 Å². The number of halogens is 1. The summed E-state index contributed by atoms with van der Waals surface area (Å²) in [5, 5.41) is 0.719. The lowest BCUT2D eigenvalue weighted by atomic mass is 10.0. The number of carbonyl (C=O) groups excluding carboxylic acids is 2. The number of rotatable bonds is 7. The van der Waals surface area contributed by atoms with Crippen molar-refractivity contribution in [2.75, 3.05) is 19.6 Å². The molecule has 7 rings (SSSR count). The van der Waals surface area contributed by atoms with Crippen LogP contribution in [0.2, 0.25) is 0 Å². The molecule has 7 heteroatoms. The van der Waals surface area contributed by atoms with Crippen molar-refractivity contribution in [1.82, 2.24) is 9.80 Å². The predicted molar refractivity (Wildman–Crippen MR) is 138 cm³/mol. The molecule has 0 radical (unpaired) electrons. The Bertz CT molecular complexity index is 1280. The molecule has 5 nitrogen and oxygen atoms in total. The largest absolute Gasteiger partial charge is 0.342 e. The average Bonchev–Trinajstić information content (AvgIpc) is 3.77. The Balaban J connectivity index is 1.12. The lowest BCUT2D eigenvalue weighted by molar-refractivity contribution is -0.131. The van der Waals surface area contributed by atoms with Gasteiger partial charge >= 0.3 is 0 Å². The highest BCUT2D eigenvalue weighted by Gasteiger charge is 2.58. The molecule has 1 saturated heterocycles. The fraction of sp³-hybridized carbons (Fsp3) is 0.483. The van der Waals surface area contributed by atoms with Crippen LogP contribution in [-0.4, -0.2) is 57.9 Å². The van der Waals surface area contributed by atoms with Crippen LogP contribution in [0.1, 0.15) is 50.5 Å². The molecule has 1 atom stereocenters. The molecule has 1 unspecified atom stereocenters. The molecule has 0 bridgehead atoms. The zero-order chi connectivity index (χ0) is 24.4. The highest BCUT2D eigenvalue weighted by Crippen LogP contribution is 2.47. The third-order valence-corrected chi connectivity index (χ3v) is 9.44. The molecule has 2 aliphatic heterocycles. The molecular formula is C29H30FN3O2S. The molecule has 3 aliphatic carbocycles. The molecule has 5 aliphatic rings. The zero-order valence-electron chi connectivity index (χ0n) is 20.3. The van der Waals surface area contributed by atoms with Gasteiger partial charge < -0.3 is 4.90 Å². The summed E-state index contributed by atoms with van der Waals surface area (Å²) in [5.74, 6) is 0.789. The van der Waals surface area contributed by atoms with Gasteiger partial charge in [-0.2, -0.15) is 0 Å². The van der Waals surface area contributed by atoms with Crippen LogP contribution in [0.3, 0.4) is 0 Å². The molecule has 36 heavy (non-hydrogen) atoms. The molecular weight excluding hydrogens is 473 g/mol. The molecule has 2 heterocycles. The van der Waals surface area contributed by atoms with Crippen LogP contribution >= 0.6 is 11.8 Å². The summed E-state index contributed by atoms with van der Waals surface area (Å²) in [7, 11) is 0. The van der Waals surface area contributed by atoms with Gasteiger partial charge in [0, 0.05) is 35.7 Å². The van der Waals surface area contributed by atoms with Gasteiger partial charge in [-0.3, -0.25) is 19.5 Å². The zero-order valence-corrected chi connectivity index (χ0v) is 21.1. The van der Waals surface area contributed by atoms with Crippen molar-refractivity contribution in [2.24, 2.45) is 16.8 Å². The maximum atomic E-state index is 15.6. The molecule has 186 valence electrons. The maximum absolute atomic E-state index is 15.6. The van der Waals surface area contributed by atoms with Crippen LogP contribution in [0.25, 0.3) is 11.1 Å². The number of carbonyl (C=O) groups is 2. The summed E-state index contributed by atoms with van der Waals surface area (Å²) in [4.78, 5) is 35.5. The van der Waals surface area contributed by atoms with E-state index in [1.165, 1.54) is 17.7 Å². The minimum Gasteiger partial charge on any atom is -0.342 e. The quantitative estimate of drug-likeness (QED) is 0.527. The van der Waals surface area contributed by atoms with Gasteiger partial charge in [0.15, 0.2) is 0 Å². The molecule has 3 saturated carbocycles. The van der Waals surface area contributed by atoms with E-state index >= 15 is 4.39 Å². The van der Waals surface area contributed by atoms with Gasteiger partial charge in [-0.25, -0.2) is 4.39 Å². The minimum absolute atomic E-state index is 0.00209. The van der Waals surface area contributed by atoms with E-state index < -0.39 is 5.54 Å². The maximum Gasteiger partial charge on any atom is 0.256 e. The van der Waals surface area contributed by atoms with Crippen molar-refractivity contribution < 1.29 is 14.0 Å². The number of likely N-dealkylation sites (tertiary alicyclic amines) is 1. The van der Waals surface area contributed by atoms with Crippen molar-refractivity contribution in [3.63, 3.8) is 0 Å². The van der Waals surface area contributed by atoms with Crippen LogP contribution in [0.15, 0.2) is 52.4 Å². The number of benzene rings is 2. The van der Waals surface area contributed by atoms with Crippen LogP contribution in [0.5, 0.6) is 0 Å². The van der Waals surface area contributed by atoms with E-state index in [1.807, 2.05) is 34.9 Å². The number of thioether (sulfide) groups is 1. The van der Waals surface area contributed by atoms with Crippen molar-refractivity contribution in [3.05, 3.63) is 53.8 Å². The molecule has 1 spiro atoms. The summed E-state index contributed by atoms with van der Waals surface area (Å²) in [6.07, 6.45) is 6.88. The first-order valence-electron chi connectivity index (χ1n) is 13.3. The minimum atomic E-state index is -0.684. The van der Waals surface area contributed by atoms with Gasteiger partial charge in [0.1, 0.15) is 17.2 Å². The topological polar surface area (TPSA) is 53.0 Å². The van der Waals surface area contributed by atoms with Gasteiger partial charge in [0.05, 0.1) is 5.56 Å². The Kier molecular flexibility index (Phi) is 5.28. The smallest absolute Gasteiger partial charge is 0.256 e. The molecule has 2 aromatic carbocycles. The van der Waals surface area contributed by atoms with E-state index in [4.69, 9.17) is 4.99 Å². The first-order valence-corrected chi connectivity index (χ1v) is 14.1. The number of aliphatic imine (C=N–C) groups is 1. The summed E-state index contributed by atoms with van der Waals surface area (Å²) < 4.78 is 15.6. The molecule has 2 amide bonds. The highest BCUT2D eigenvalue weighted by molar-refractivity contribution is 8.00. The second-order valence-corrected chi connectivity index (χ2v) is 12.5. The number of nitrogens with zero attached hydrogens (tertiary/aromatic N) is 3. The third-order valence-electron chi connectivity index (χ3n) is 8.11. The van der Waals surface area contributed by atoms with Crippen LogP contribution < -0.4 is 0 Å². The molecule has 4 fully saturated rings. The Hall–Kier alpha value is -2.67. The Morgan fingerprint density at radius 3 is 2.58 bits per heavy atom. The lowest BCUT2D eigenvalue weighted by Crippen LogP contribution is -2.41. The predicted octanol–water partition coefficient (Wildman–Crippen LogP) is 5.13. The van der Waals surface area contributed by atoms with Crippen LogP contribution in [-0.2, 0) is 9.59 Å². The average molecular weight is 504 g/mol. The van der Waals surface area contributed by atoms with Crippen LogP contribution in [0.4, 0.5) is 4.39 Å². The van der Waals surface area contributed by atoms with E-state index in [1.54, 1.807) is 17.0 Å². The van der Waals surface area contributed by atoms with E-state index in [0.29, 0.717) is 24.5 Å². The first kappa shape index (κ1) is 22.5. The number of hydrogen-bond donors (Lipinski definition) is 0. The summed E-state index contributed by atoms with van der Waals surface area (Å²) >= 11 is 1.89.